The van der Waals surface area contributed by atoms with Gasteiger partial charge in [0.2, 0.25) is 5.75 Å². The molecule has 1 atom stereocenters. The van der Waals surface area contributed by atoms with Crippen LogP contribution in [0.1, 0.15) is 26.3 Å². The zero-order valence-corrected chi connectivity index (χ0v) is 15.9. The Morgan fingerprint density at radius 1 is 1.08 bits per heavy atom. The summed E-state index contributed by atoms with van der Waals surface area (Å²) in [5, 5.41) is 0. The number of rotatable bonds is 6. The Morgan fingerprint density at radius 2 is 1.64 bits per heavy atom. The Morgan fingerprint density at radius 3 is 2.08 bits per heavy atom. The highest BCUT2D eigenvalue weighted by Gasteiger charge is 2.45. The summed E-state index contributed by atoms with van der Waals surface area (Å²) in [4.78, 5) is 12.3. The molecule has 1 aromatic carbocycles. The Labute approximate surface area is 148 Å². The summed E-state index contributed by atoms with van der Waals surface area (Å²) in [5.74, 6) is 1.89. The van der Waals surface area contributed by atoms with Crippen molar-refractivity contribution in [2.24, 2.45) is 5.41 Å². The molecule has 0 saturated carbocycles. The molecule has 1 unspecified atom stereocenters. The van der Waals surface area contributed by atoms with Crippen LogP contribution in [0.5, 0.6) is 17.2 Å². The third-order valence-electron chi connectivity index (χ3n) is 4.74. The van der Waals surface area contributed by atoms with Gasteiger partial charge in [-0.3, -0.25) is 0 Å². The van der Waals surface area contributed by atoms with Crippen LogP contribution in [-0.4, -0.2) is 40.5 Å². The monoisotopic (exact) mass is 350 g/mol. The predicted molar refractivity (Wildman–Crippen MR) is 93.2 cm³/mol. The largest absolute Gasteiger partial charge is 0.493 e. The Kier molecular flexibility index (Phi) is 5.50. The molecule has 0 aromatic heterocycles. The fourth-order valence-electron chi connectivity index (χ4n) is 3.01. The van der Waals surface area contributed by atoms with Gasteiger partial charge in [-0.25, -0.2) is 4.79 Å². The summed E-state index contributed by atoms with van der Waals surface area (Å²) in [6, 6.07) is 3.70. The minimum Gasteiger partial charge on any atom is -0.493 e. The van der Waals surface area contributed by atoms with E-state index in [1.54, 1.807) is 21.3 Å². The van der Waals surface area contributed by atoms with E-state index in [9.17, 15) is 4.79 Å². The maximum atomic E-state index is 12.3. The summed E-state index contributed by atoms with van der Waals surface area (Å²) in [7, 11) is 6.07. The molecule has 2 rings (SSSR count). The molecule has 25 heavy (non-hydrogen) atoms. The molecular formula is C19H26O6. The molecular weight excluding hydrogens is 324 g/mol. The molecule has 0 N–H and O–H groups in total. The highest BCUT2D eigenvalue weighted by atomic mass is 16.5. The molecule has 0 aliphatic carbocycles. The lowest BCUT2D eigenvalue weighted by Gasteiger charge is -2.23. The molecule has 6 nitrogen and oxygen atoms in total. The molecule has 0 amide bonds. The van der Waals surface area contributed by atoms with E-state index in [-0.39, 0.29) is 12.1 Å². The lowest BCUT2D eigenvalue weighted by Crippen LogP contribution is -2.28. The first-order valence-corrected chi connectivity index (χ1v) is 8.07. The van der Waals surface area contributed by atoms with Crippen molar-refractivity contribution in [3.8, 4) is 17.2 Å². The lowest BCUT2D eigenvalue weighted by atomic mass is 9.80. The van der Waals surface area contributed by atoms with Crippen molar-refractivity contribution in [3.05, 3.63) is 29.0 Å². The lowest BCUT2D eigenvalue weighted by molar-refractivity contribution is -0.137. The van der Waals surface area contributed by atoms with Gasteiger partial charge >= 0.3 is 5.97 Å². The maximum absolute atomic E-state index is 12.3. The highest BCUT2D eigenvalue weighted by Crippen LogP contribution is 2.44. The van der Waals surface area contributed by atoms with Gasteiger partial charge in [-0.1, -0.05) is 13.8 Å². The van der Waals surface area contributed by atoms with E-state index >= 15 is 0 Å². The molecule has 0 spiro atoms. The summed E-state index contributed by atoms with van der Waals surface area (Å²) >= 11 is 0. The average Bonchev–Trinajstić information content (AvgIpc) is 2.81. The van der Waals surface area contributed by atoms with Crippen LogP contribution in [0, 0.1) is 5.41 Å². The molecule has 0 fully saturated rings. The van der Waals surface area contributed by atoms with Crippen LogP contribution in [0.3, 0.4) is 0 Å². The Hall–Kier alpha value is -2.37. The second-order valence-corrected chi connectivity index (χ2v) is 6.48. The highest BCUT2D eigenvalue weighted by molar-refractivity contribution is 5.91. The average molecular weight is 350 g/mol. The fraction of sp³-hybridized carbons (Fsp3) is 0.526. The topological polar surface area (TPSA) is 63.2 Å². The van der Waals surface area contributed by atoms with E-state index in [1.807, 2.05) is 32.9 Å². The third-order valence-corrected chi connectivity index (χ3v) is 4.74. The van der Waals surface area contributed by atoms with Crippen LogP contribution in [0.15, 0.2) is 23.5 Å². The number of benzene rings is 1. The van der Waals surface area contributed by atoms with Crippen molar-refractivity contribution in [3.63, 3.8) is 0 Å². The van der Waals surface area contributed by atoms with Crippen molar-refractivity contribution in [1.82, 2.24) is 0 Å². The minimum absolute atomic E-state index is 0.126. The maximum Gasteiger partial charge on any atom is 0.337 e. The van der Waals surface area contributed by atoms with E-state index < -0.39 is 5.41 Å². The van der Waals surface area contributed by atoms with Gasteiger partial charge in [-0.2, -0.15) is 0 Å². The van der Waals surface area contributed by atoms with Gasteiger partial charge in [0.15, 0.2) is 11.5 Å². The Bertz CT molecular complexity index is 664. The van der Waals surface area contributed by atoms with Crippen LogP contribution >= 0.6 is 0 Å². The normalized spacial score (nSPS) is 18.6. The van der Waals surface area contributed by atoms with E-state index in [0.29, 0.717) is 35.0 Å². The van der Waals surface area contributed by atoms with Gasteiger partial charge in [-0.15, -0.1) is 0 Å². The van der Waals surface area contributed by atoms with Crippen molar-refractivity contribution in [1.29, 1.82) is 0 Å². The quantitative estimate of drug-likeness (QED) is 0.735. The predicted octanol–water partition coefficient (Wildman–Crippen LogP) is 3.13. The zero-order valence-electron chi connectivity index (χ0n) is 15.9. The van der Waals surface area contributed by atoms with Gasteiger partial charge < -0.3 is 23.7 Å². The zero-order chi connectivity index (χ0) is 18.8. The summed E-state index contributed by atoms with van der Waals surface area (Å²) in [6.45, 7) is 5.91. The molecule has 1 heterocycles. The van der Waals surface area contributed by atoms with E-state index in [0.717, 1.165) is 5.56 Å². The number of allylic oxidation sites excluding steroid dienone is 1. The smallest absolute Gasteiger partial charge is 0.337 e. The van der Waals surface area contributed by atoms with Crippen LogP contribution in [0.4, 0.5) is 0 Å². The number of hydrogen-bond donors (Lipinski definition) is 0. The minimum atomic E-state index is -0.428. The first-order valence-electron chi connectivity index (χ1n) is 8.07. The van der Waals surface area contributed by atoms with E-state index in [1.165, 1.54) is 7.11 Å². The third kappa shape index (κ3) is 3.38. The van der Waals surface area contributed by atoms with Crippen LogP contribution < -0.4 is 14.2 Å². The van der Waals surface area contributed by atoms with Gasteiger partial charge in [0.05, 0.1) is 34.0 Å². The van der Waals surface area contributed by atoms with Gasteiger partial charge in [0.25, 0.3) is 0 Å². The first-order chi connectivity index (χ1) is 11.8. The molecule has 1 aromatic rings. The van der Waals surface area contributed by atoms with Gasteiger partial charge in [-0.05, 0) is 24.6 Å². The standard InChI is InChI=1S/C19H26O6/c1-11-19(2,3)16(18(20)24-7)13(25-11)8-12-9-14(21-4)17(23-6)15(10-12)22-5/h9-11H,8H2,1-7H3. The molecule has 0 radical (unpaired) electrons. The fourth-order valence-corrected chi connectivity index (χ4v) is 3.01. The Balaban J connectivity index is 2.48. The van der Waals surface area contributed by atoms with Crippen LogP contribution in [0.25, 0.3) is 0 Å². The van der Waals surface area contributed by atoms with Crippen molar-refractivity contribution in [2.45, 2.75) is 33.3 Å². The first kappa shape index (κ1) is 19.0. The molecule has 0 saturated heterocycles. The summed E-state index contributed by atoms with van der Waals surface area (Å²) < 4.78 is 27.1. The van der Waals surface area contributed by atoms with Gasteiger partial charge in [0.1, 0.15) is 11.9 Å². The number of methoxy groups -OCH3 is 4. The van der Waals surface area contributed by atoms with E-state index in [2.05, 4.69) is 0 Å². The summed E-state index contributed by atoms with van der Waals surface area (Å²) in [6.07, 6.45) is 0.299. The summed E-state index contributed by atoms with van der Waals surface area (Å²) in [5.41, 5.74) is 1.02. The second kappa shape index (κ2) is 7.25. The molecule has 6 heteroatoms. The van der Waals surface area contributed by atoms with Crippen LogP contribution in [0.2, 0.25) is 0 Å². The van der Waals surface area contributed by atoms with Gasteiger partial charge in [0, 0.05) is 11.8 Å². The number of carbonyl (C=O) groups excluding carboxylic acids is 1. The van der Waals surface area contributed by atoms with Crippen molar-refractivity contribution >= 4 is 5.97 Å². The van der Waals surface area contributed by atoms with E-state index in [4.69, 9.17) is 23.7 Å². The molecule has 1 aliphatic rings. The van der Waals surface area contributed by atoms with Crippen LogP contribution in [-0.2, 0) is 20.7 Å². The van der Waals surface area contributed by atoms with Crippen molar-refractivity contribution < 1.29 is 28.5 Å². The SMILES string of the molecule is COC(=O)C1=C(Cc2cc(OC)c(OC)c(OC)c2)OC(C)C1(C)C. The molecule has 0 bridgehead atoms. The van der Waals surface area contributed by atoms with Crippen molar-refractivity contribution in [2.75, 3.05) is 28.4 Å². The second-order valence-electron chi connectivity index (χ2n) is 6.48. The number of hydrogen-bond acceptors (Lipinski definition) is 6. The number of ether oxygens (including phenoxy) is 5. The number of carbonyl (C=O) groups is 1. The molecule has 1 aliphatic heterocycles. The molecule has 138 valence electrons. The number of esters is 1.